The second kappa shape index (κ2) is 17.8. The quantitative estimate of drug-likeness (QED) is 0.309. The number of aryl methyl sites for hydroxylation is 1. The lowest BCUT2D eigenvalue weighted by Crippen LogP contribution is -2.26. The van der Waals surface area contributed by atoms with E-state index in [2.05, 4.69) is 28.7 Å². The van der Waals surface area contributed by atoms with Crippen LogP contribution in [0.25, 0.3) is 0 Å². The molecule has 3 N–H and O–H groups in total. The Labute approximate surface area is 217 Å². The summed E-state index contributed by atoms with van der Waals surface area (Å²) in [5, 5.41) is 6.92. The SMILES string of the molecule is CC.CCCN(CCC)c1cc(N)nc(OCCN(C)c2ccccn2)c1.Cc1cccc(C=N)c1. The van der Waals surface area contributed by atoms with Gasteiger partial charge < -0.3 is 25.7 Å². The van der Waals surface area contributed by atoms with E-state index in [0.717, 1.165) is 49.5 Å². The third-order valence-electron chi connectivity index (χ3n) is 5.08. The molecule has 0 fully saturated rings. The van der Waals surface area contributed by atoms with Gasteiger partial charge in [-0.25, -0.2) is 4.98 Å². The highest BCUT2D eigenvalue weighted by Gasteiger charge is 2.09. The Bertz CT molecular complexity index is 990. The molecular weight excluding hydrogens is 448 g/mol. The number of hydrogen-bond acceptors (Lipinski definition) is 7. The van der Waals surface area contributed by atoms with E-state index in [9.17, 15) is 0 Å². The number of anilines is 3. The summed E-state index contributed by atoms with van der Waals surface area (Å²) < 4.78 is 5.84. The second-order valence-electron chi connectivity index (χ2n) is 8.09. The lowest BCUT2D eigenvalue weighted by molar-refractivity contribution is 0.314. The van der Waals surface area contributed by atoms with E-state index in [1.807, 2.05) is 87.3 Å². The summed E-state index contributed by atoms with van der Waals surface area (Å²) in [6, 6.07) is 17.6. The third kappa shape index (κ3) is 11.2. The van der Waals surface area contributed by atoms with Crippen LogP contribution in [-0.4, -0.2) is 49.5 Å². The fourth-order valence-electron chi connectivity index (χ4n) is 3.42. The van der Waals surface area contributed by atoms with E-state index >= 15 is 0 Å². The zero-order valence-corrected chi connectivity index (χ0v) is 22.9. The van der Waals surface area contributed by atoms with Gasteiger partial charge in [-0.2, -0.15) is 4.98 Å². The van der Waals surface area contributed by atoms with Crippen molar-refractivity contribution in [1.29, 1.82) is 5.41 Å². The van der Waals surface area contributed by atoms with Gasteiger partial charge in [0.2, 0.25) is 5.88 Å². The molecule has 7 heteroatoms. The number of ether oxygens (including phenoxy) is 1. The lowest BCUT2D eigenvalue weighted by atomic mass is 10.2. The van der Waals surface area contributed by atoms with Crippen molar-refractivity contribution in [3.8, 4) is 5.88 Å². The minimum atomic E-state index is 0.489. The van der Waals surface area contributed by atoms with Gasteiger partial charge in [0.15, 0.2) is 0 Å². The van der Waals surface area contributed by atoms with Gasteiger partial charge in [0.1, 0.15) is 18.2 Å². The number of pyridine rings is 2. The third-order valence-corrected chi connectivity index (χ3v) is 5.08. The predicted molar refractivity (Wildman–Crippen MR) is 155 cm³/mol. The summed E-state index contributed by atoms with van der Waals surface area (Å²) in [6.07, 6.45) is 5.32. The fraction of sp³-hybridized carbons (Fsp3) is 0.414. The first kappa shape index (κ1) is 30.4. The van der Waals surface area contributed by atoms with E-state index in [1.54, 1.807) is 6.20 Å². The largest absolute Gasteiger partial charge is 0.476 e. The molecule has 0 bridgehead atoms. The van der Waals surface area contributed by atoms with Crippen LogP contribution >= 0.6 is 0 Å². The minimum absolute atomic E-state index is 0.489. The Kier molecular flexibility index (Phi) is 15.0. The fourth-order valence-corrected chi connectivity index (χ4v) is 3.42. The maximum absolute atomic E-state index is 6.92. The number of nitrogen functional groups attached to an aromatic ring is 1. The number of hydrogen-bond donors (Lipinski definition) is 2. The summed E-state index contributed by atoms with van der Waals surface area (Å²) in [6.45, 7) is 13.6. The summed E-state index contributed by atoms with van der Waals surface area (Å²) in [4.78, 5) is 13.0. The normalized spacial score (nSPS) is 9.72. The molecule has 2 aromatic heterocycles. The number of nitrogens with two attached hydrogens (primary N) is 1. The zero-order chi connectivity index (χ0) is 26.8. The molecule has 1 aromatic carbocycles. The Morgan fingerprint density at radius 3 is 2.25 bits per heavy atom. The first-order valence-electron chi connectivity index (χ1n) is 12.8. The number of nitrogens with one attached hydrogen (secondary N) is 1. The molecule has 0 radical (unpaired) electrons. The molecule has 2 heterocycles. The van der Waals surface area contributed by atoms with Crippen LogP contribution in [0.15, 0.2) is 60.8 Å². The molecule has 0 saturated heterocycles. The van der Waals surface area contributed by atoms with Crippen LogP contribution in [0.3, 0.4) is 0 Å². The number of rotatable bonds is 11. The molecule has 7 nitrogen and oxygen atoms in total. The molecule has 0 amide bonds. The Morgan fingerprint density at radius 2 is 1.69 bits per heavy atom. The highest BCUT2D eigenvalue weighted by Crippen LogP contribution is 2.23. The average molecular weight is 493 g/mol. The van der Waals surface area contributed by atoms with E-state index in [1.165, 1.54) is 11.8 Å². The standard InChI is InChI=1S/C19H29N5O.C8H9N.C2H6/c1-4-10-24(11-5-2)16-14-17(20)22-19(15-16)25-13-12-23(3)18-8-6-7-9-21-18;1-7-3-2-4-8(5-7)6-9;1-2/h6-9,14-15H,4-5,10-13H2,1-3H3,(H2,20,22);2-6,9H,1H3;1-2H3. The Hall–Kier alpha value is -3.61. The maximum Gasteiger partial charge on any atom is 0.217 e. The molecule has 36 heavy (non-hydrogen) atoms. The average Bonchev–Trinajstić information content (AvgIpc) is 2.90. The van der Waals surface area contributed by atoms with Crippen molar-refractivity contribution in [3.63, 3.8) is 0 Å². The number of benzene rings is 1. The smallest absolute Gasteiger partial charge is 0.217 e. The van der Waals surface area contributed by atoms with E-state index < -0.39 is 0 Å². The van der Waals surface area contributed by atoms with Crippen molar-refractivity contribution in [3.05, 3.63) is 71.9 Å². The second-order valence-corrected chi connectivity index (χ2v) is 8.09. The van der Waals surface area contributed by atoms with Gasteiger partial charge in [0.05, 0.1) is 6.54 Å². The van der Waals surface area contributed by atoms with Crippen LogP contribution in [0.2, 0.25) is 0 Å². The van der Waals surface area contributed by atoms with Gasteiger partial charge in [-0.3, -0.25) is 0 Å². The molecular formula is C29H44N6O. The van der Waals surface area contributed by atoms with Gasteiger partial charge in [-0.1, -0.05) is 63.6 Å². The van der Waals surface area contributed by atoms with Gasteiger partial charge in [0, 0.05) is 50.4 Å². The topological polar surface area (TPSA) is 91.4 Å². The monoisotopic (exact) mass is 492 g/mol. The van der Waals surface area contributed by atoms with E-state index in [-0.39, 0.29) is 0 Å². The van der Waals surface area contributed by atoms with Gasteiger partial charge in [-0.05, 0) is 37.5 Å². The molecule has 0 spiro atoms. The van der Waals surface area contributed by atoms with E-state index in [0.29, 0.717) is 18.3 Å². The molecule has 0 aliphatic rings. The Morgan fingerprint density at radius 1 is 0.972 bits per heavy atom. The number of likely N-dealkylation sites (N-methyl/N-ethyl adjacent to an activating group) is 1. The van der Waals surface area contributed by atoms with Crippen LogP contribution in [0.4, 0.5) is 17.3 Å². The highest BCUT2D eigenvalue weighted by atomic mass is 16.5. The summed E-state index contributed by atoms with van der Waals surface area (Å²) in [5.74, 6) is 1.98. The molecule has 3 aromatic rings. The van der Waals surface area contributed by atoms with Crippen molar-refractivity contribution in [2.45, 2.75) is 47.5 Å². The summed E-state index contributed by atoms with van der Waals surface area (Å²) in [5.41, 5.74) is 9.22. The predicted octanol–water partition coefficient (Wildman–Crippen LogP) is 6.22. The van der Waals surface area contributed by atoms with Gasteiger partial charge in [-0.15, -0.1) is 0 Å². The number of aromatic nitrogens is 2. The first-order valence-corrected chi connectivity index (χ1v) is 12.8. The van der Waals surface area contributed by atoms with Crippen LogP contribution in [0.1, 0.15) is 51.7 Å². The maximum atomic E-state index is 6.92. The van der Waals surface area contributed by atoms with Gasteiger partial charge in [0.25, 0.3) is 0 Å². The summed E-state index contributed by atoms with van der Waals surface area (Å²) >= 11 is 0. The first-order chi connectivity index (χ1) is 17.5. The highest BCUT2D eigenvalue weighted by molar-refractivity contribution is 5.76. The van der Waals surface area contributed by atoms with Gasteiger partial charge >= 0.3 is 0 Å². The molecule has 0 atom stereocenters. The Balaban J connectivity index is 0.000000491. The zero-order valence-electron chi connectivity index (χ0n) is 22.9. The van der Waals surface area contributed by atoms with Crippen molar-refractivity contribution >= 4 is 23.5 Å². The van der Waals surface area contributed by atoms with Crippen LogP contribution < -0.4 is 20.3 Å². The van der Waals surface area contributed by atoms with Crippen molar-refractivity contribution in [1.82, 2.24) is 9.97 Å². The molecule has 196 valence electrons. The van der Waals surface area contributed by atoms with Crippen LogP contribution in [0, 0.1) is 12.3 Å². The lowest BCUT2D eigenvalue weighted by Gasteiger charge is -2.24. The van der Waals surface area contributed by atoms with Crippen molar-refractivity contribution in [2.75, 3.05) is 48.8 Å². The number of nitrogens with zero attached hydrogens (tertiary/aromatic N) is 4. The molecule has 0 saturated carbocycles. The van der Waals surface area contributed by atoms with E-state index in [4.69, 9.17) is 15.9 Å². The van der Waals surface area contributed by atoms with Crippen molar-refractivity contribution < 1.29 is 4.74 Å². The van der Waals surface area contributed by atoms with Crippen molar-refractivity contribution in [2.24, 2.45) is 0 Å². The minimum Gasteiger partial charge on any atom is -0.476 e. The summed E-state index contributed by atoms with van der Waals surface area (Å²) in [7, 11) is 1.99. The molecule has 3 rings (SSSR count). The molecule has 0 unspecified atom stereocenters. The van der Waals surface area contributed by atoms with Crippen LogP contribution in [0.5, 0.6) is 5.88 Å². The molecule has 0 aliphatic heterocycles. The van der Waals surface area contributed by atoms with Crippen LogP contribution in [-0.2, 0) is 0 Å². The molecule has 0 aliphatic carbocycles.